The van der Waals surface area contributed by atoms with Crippen molar-refractivity contribution < 1.29 is 26.6 Å². The fraction of sp³-hybridized carbons (Fsp3) is 0.667. The Hall–Kier alpha value is 0.280. The average Bonchev–Trinajstić information content (AvgIpc) is 2.60. The average molecular weight is 432 g/mol. The van der Waals surface area contributed by atoms with Crippen molar-refractivity contribution >= 4 is 53.3 Å². The molecular formula is C18H34NaO6PS. The first kappa shape index (κ1) is 29.5. The van der Waals surface area contributed by atoms with Gasteiger partial charge in [0.05, 0.1) is 6.61 Å². The van der Waals surface area contributed by atoms with Gasteiger partial charge in [-0.1, -0.05) is 82.9 Å². The zero-order valence-electron chi connectivity index (χ0n) is 15.6. The van der Waals surface area contributed by atoms with Gasteiger partial charge in [-0.2, -0.15) is 8.42 Å². The molecule has 6 nitrogen and oxygen atoms in total. The number of benzene rings is 1. The van der Waals surface area contributed by atoms with E-state index in [0.29, 0.717) is 11.7 Å². The minimum absolute atomic E-state index is 0. The maximum atomic E-state index is 10.4. The zero-order valence-corrected chi connectivity index (χ0v) is 17.4. The molecule has 0 saturated heterocycles. The van der Waals surface area contributed by atoms with Crippen LogP contribution >= 0.6 is 8.03 Å². The molecular weight excluding hydrogens is 398 g/mol. The van der Waals surface area contributed by atoms with Crippen molar-refractivity contribution in [2.75, 3.05) is 6.61 Å². The molecule has 1 rings (SSSR count). The van der Waals surface area contributed by atoms with Crippen LogP contribution in [-0.2, 0) is 19.1 Å². The summed E-state index contributed by atoms with van der Waals surface area (Å²) in [6.45, 7) is 2.31. The molecule has 1 aromatic carbocycles. The van der Waals surface area contributed by atoms with E-state index < -0.39 is 18.4 Å². The Labute approximate surface area is 187 Å². The van der Waals surface area contributed by atoms with E-state index in [1.165, 1.54) is 44.9 Å². The Morgan fingerprint density at radius 3 is 1.70 bits per heavy atom. The Bertz CT molecular complexity index is 568. The van der Waals surface area contributed by atoms with Gasteiger partial charge < -0.3 is 4.89 Å². The predicted molar refractivity (Wildman–Crippen MR) is 114 cm³/mol. The monoisotopic (exact) mass is 432 g/mol. The van der Waals surface area contributed by atoms with Gasteiger partial charge in [0, 0.05) is 5.30 Å². The second-order valence-corrected chi connectivity index (χ2v) is 8.38. The molecule has 154 valence electrons. The third-order valence-corrected chi connectivity index (χ3v) is 5.04. The molecule has 0 spiro atoms. The van der Waals surface area contributed by atoms with Crippen LogP contribution < -0.4 is 5.30 Å². The molecule has 0 aliphatic rings. The van der Waals surface area contributed by atoms with Gasteiger partial charge in [-0.15, -0.1) is 0 Å². The van der Waals surface area contributed by atoms with Crippen LogP contribution in [0.2, 0.25) is 0 Å². The molecule has 2 N–H and O–H groups in total. The summed E-state index contributed by atoms with van der Waals surface area (Å²) in [4.78, 5) is 8.57. The summed E-state index contributed by atoms with van der Waals surface area (Å²) in [5.74, 6) is 0. The van der Waals surface area contributed by atoms with E-state index in [1.807, 2.05) is 6.07 Å². The Morgan fingerprint density at radius 2 is 1.33 bits per heavy atom. The van der Waals surface area contributed by atoms with Crippen molar-refractivity contribution in [3.63, 3.8) is 0 Å². The molecule has 1 unspecified atom stereocenters. The molecule has 0 heterocycles. The summed E-state index contributed by atoms with van der Waals surface area (Å²) in [5.41, 5.74) is 0. The third-order valence-electron chi connectivity index (χ3n) is 3.75. The van der Waals surface area contributed by atoms with Crippen molar-refractivity contribution in [2.45, 2.75) is 71.1 Å². The molecule has 0 bridgehead atoms. The summed E-state index contributed by atoms with van der Waals surface area (Å²) >= 11 is 0. The molecule has 1 aromatic rings. The standard InChI is InChI=1S/C12H26O4S.C6H7O2P.Na.H/c1-2-3-4-5-6-7-8-9-10-11-12-16-17(13,14)15;7-9(8)6-4-2-1-3-5-6;;/h2-12H2,1H3,(H,13,14,15);1-5,9H,(H,7,8);;. The van der Waals surface area contributed by atoms with Gasteiger partial charge in [-0.25, -0.2) is 4.18 Å². The fourth-order valence-corrected chi connectivity index (χ4v) is 3.14. The molecule has 0 amide bonds. The number of hydrogen-bond donors (Lipinski definition) is 2. The van der Waals surface area contributed by atoms with Crippen LogP contribution in [0, 0.1) is 0 Å². The van der Waals surface area contributed by atoms with E-state index in [1.54, 1.807) is 24.3 Å². The second kappa shape index (κ2) is 19.6. The molecule has 27 heavy (non-hydrogen) atoms. The summed E-state index contributed by atoms with van der Waals surface area (Å²) in [7, 11) is -6.70. The first-order chi connectivity index (χ1) is 12.4. The van der Waals surface area contributed by atoms with Gasteiger partial charge in [0.25, 0.3) is 0 Å². The van der Waals surface area contributed by atoms with Crippen LogP contribution in [0.15, 0.2) is 30.3 Å². The van der Waals surface area contributed by atoms with Gasteiger partial charge >= 0.3 is 40.0 Å². The van der Waals surface area contributed by atoms with Gasteiger partial charge in [0.2, 0.25) is 8.03 Å². The summed E-state index contributed by atoms with van der Waals surface area (Å²) in [5, 5.41) is 0.516. The minimum atomic E-state index is -4.23. The van der Waals surface area contributed by atoms with Crippen molar-refractivity contribution in [3.8, 4) is 0 Å². The molecule has 9 heteroatoms. The van der Waals surface area contributed by atoms with Crippen molar-refractivity contribution in [3.05, 3.63) is 30.3 Å². The van der Waals surface area contributed by atoms with Gasteiger partial charge in [-0.05, 0) is 18.6 Å². The van der Waals surface area contributed by atoms with E-state index in [0.717, 1.165) is 12.8 Å². The quantitative estimate of drug-likeness (QED) is 0.212. The van der Waals surface area contributed by atoms with E-state index in [4.69, 9.17) is 9.45 Å². The van der Waals surface area contributed by atoms with Crippen molar-refractivity contribution in [1.29, 1.82) is 0 Å². The van der Waals surface area contributed by atoms with E-state index in [2.05, 4.69) is 11.1 Å². The summed E-state index contributed by atoms with van der Waals surface area (Å²) in [6.07, 6.45) is 11.9. The van der Waals surface area contributed by atoms with Crippen LogP contribution in [0.25, 0.3) is 0 Å². The molecule has 0 fully saturated rings. The number of rotatable bonds is 13. The van der Waals surface area contributed by atoms with E-state index in [-0.39, 0.29) is 36.2 Å². The van der Waals surface area contributed by atoms with E-state index >= 15 is 0 Å². The van der Waals surface area contributed by atoms with Crippen LogP contribution in [0.1, 0.15) is 71.1 Å². The summed E-state index contributed by atoms with van der Waals surface area (Å²) in [6, 6.07) is 8.58. The predicted octanol–water partition coefficient (Wildman–Crippen LogP) is 3.86. The first-order valence-corrected chi connectivity index (χ1v) is 12.0. The van der Waals surface area contributed by atoms with Gasteiger partial charge in [0.1, 0.15) is 0 Å². The van der Waals surface area contributed by atoms with Gasteiger partial charge in [0.15, 0.2) is 0 Å². The van der Waals surface area contributed by atoms with Gasteiger partial charge in [-0.3, -0.25) is 9.12 Å². The Kier molecular flexibility index (Phi) is 21.4. The Morgan fingerprint density at radius 1 is 0.889 bits per heavy atom. The zero-order chi connectivity index (χ0) is 19.7. The number of unbranched alkanes of at least 4 members (excludes halogenated alkanes) is 9. The van der Waals surface area contributed by atoms with Crippen molar-refractivity contribution in [2.24, 2.45) is 0 Å². The first-order valence-electron chi connectivity index (χ1n) is 9.27. The summed E-state index contributed by atoms with van der Waals surface area (Å²) < 4.78 is 43.4. The van der Waals surface area contributed by atoms with Crippen molar-refractivity contribution in [1.82, 2.24) is 0 Å². The van der Waals surface area contributed by atoms with Crippen LogP contribution in [0.3, 0.4) is 0 Å². The SMILES string of the molecule is CCCCCCCCCCCCOS(=O)(=O)O.O=[PH](O)c1ccccc1.[NaH]. The maximum absolute atomic E-state index is 10.4. The van der Waals surface area contributed by atoms with E-state index in [9.17, 15) is 13.0 Å². The topological polar surface area (TPSA) is 101 Å². The van der Waals surface area contributed by atoms with Crippen LogP contribution in [0.5, 0.6) is 0 Å². The molecule has 1 atom stereocenters. The Balaban J connectivity index is 0. The normalized spacial score (nSPS) is 11.8. The fourth-order valence-electron chi connectivity index (χ4n) is 2.33. The van der Waals surface area contributed by atoms with Crippen LogP contribution in [0.4, 0.5) is 0 Å². The molecule has 0 aliphatic heterocycles. The third kappa shape index (κ3) is 22.4. The molecule has 0 radical (unpaired) electrons. The van der Waals surface area contributed by atoms with Crippen LogP contribution in [-0.4, -0.2) is 54.0 Å². The molecule has 0 aliphatic carbocycles. The molecule has 0 aromatic heterocycles. The second-order valence-electron chi connectivity index (χ2n) is 6.10. The molecule has 0 saturated carbocycles. The number of hydrogen-bond acceptors (Lipinski definition) is 4.